The monoisotopic (exact) mass is 185 g/mol. The van der Waals surface area contributed by atoms with E-state index in [-0.39, 0.29) is 13.0 Å². The van der Waals surface area contributed by atoms with Crippen LogP contribution in [0.25, 0.3) is 0 Å². The number of rotatable bonds is 4. The fourth-order valence-corrected chi connectivity index (χ4v) is 1.32. The lowest BCUT2D eigenvalue weighted by Crippen LogP contribution is -2.06. The van der Waals surface area contributed by atoms with E-state index in [2.05, 4.69) is 5.16 Å². The molecule has 1 aliphatic carbocycles. The van der Waals surface area contributed by atoms with E-state index in [4.69, 9.17) is 9.94 Å². The van der Waals surface area contributed by atoms with Crippen LogP contribution in [0.3, 0.4) is 0 Å². The molecule has 0 amide bonds. The van der Waals surface area contributed by atoms with Gasteiger partial charge in [0.05, 0.1) is 12.1 Å². The van der Waals surface area contributed by atoms with Crippen LogP contribution in [0.1, 0.15) is 38.5 Å². The molecule has 0 heterocycles. The summed E-state index contributed by atoms with van der Waals surface area (Å²) in [4.78, 5) is 15.0. The third-order valence-corrected chi connectivity index (χ3v) is 2.03. The Morgan fingerprint density at radius 1 is 1.38 bits per heavy atom. The predicted octanol–water partition coefficient (Wildman–Crippen LogP) is 1.80. The zero-order chi connectivity index (χ0) is 9.52. The number of carboxylic acid groups (broad SMARTS) is 1. The third kappa shape index (κ3) is 4.50. The third-order valence-electron chi connectivity index (χ3n) is 2.03. The summed E-state index contributed by atoms with van der Waals surface area (Å²) in [5.74, 6) is -0.844. The van der Waals surface area contributed by atoms with Crippen molar-refractivity contribution >= 4 is 11.7 Å². The van der Waals surface area contributed by atoms with Crippen molar-refractivity contribution in [2.24, 2.45) is 5.16 Å². The Bertz CT molecular complexity index is 193. The first kappa shape index (κ1) is 10.0. The van der Waals surface area contributed by atoms with Gasteiger partial charge < -0.3 is 9.94 Å². The van der Waals surface area contributed by atoms with Crippen molar-refractivity contribution in [3.63, 3.8) is 0 Å². The lowest BCUT2D eigenvalue weighted by Gasteiger charge is -2.11. The van der Waals surface area contributed by atoms with Crippen molar-refractivity contribution in [2.75, 3.05) is 6.61 Å². The molecule has 13 heavy (non-hydrogen) atoms. The Labute approximate surface area is 77.6 Å². The minimum absolute atomic E-state index is 0.0246. The Morgan fingerprint density at radius 2 is 2.08 bits per heavy atom. The highest BCUT2D eigenvalue weighted by atomic mass is 16.6. The predicted molar refractivity (Wildman–Crippen MR) is 48.7 cm³/mol. The molecule has 0 aromatic carbocycles. The van der Waals surface area contributed by atoms with E-state index < -0.39 is 5.97 Å². The van der Waals surface area contributed by atoms with E-state index in [9.17, 15) is 4.79 Å². The summed E-state index contributed by atoms with van der Waals surface area (Å²) in [6, 6.07) is 0. The Balaban J connectivity index is 2.11. The van der Waals surface area contributed by atoms with Crippen LogP contribution in [0, 0.1) is 0 Å². The molecule has 1 saturated carbocycles. The number of carboxylic acids is 1. The summed E-state index contributed by atoms with van der Waals surface area (Å²) in [7, 11) is 0. The number of oxime groups is 1. The minimum atomic E-state index is -0.844. The van der Waals surface area contributed by atoms with Crippen molar-refractivity contribution < 1.29 is 14.7 Å². The van der Waals surface area contributed by atoms with E-state index in [1.807, 2.05) is 0 Å². The maximum Gasteiger partial charge on any atom is 0.306 e. The average molecular weight is 185 g/mol. The van der Waals surface area contributed by atoms with Gasteiger partial charge in [0.2, 0.25) is 0 Å². The van der Waals surface area contributed by atoms with Crippen molar-refractivity contribution in [3.05, 3.63) is 0 Å². The molecule has 0 aromatic heterocycles. The largest absolute Gasteiger partial charge is 0.481 e. The van der Waals surface area contributed by atoms with Gasteiger partial charge in [0, 0.05) is 0 Å². The van der Waals surface area contributed by atoms with Gasteiger partial charge in [0.15, 0.2) is 0 Å². The van der Waals surface area contributed by atoms with Crippen LogP contribution >= 0.6 is 0 Å². The topological polar surface area (TPSA) is 58.9 Å². The normalized spacial score (nSPS) is 16.8. The smallest absolute Gasteiger partial charge is 0.306 e. The molecular weight excluding hydrogens is 170 g/mol. The summed E-state index contributed by atoms with van der Waals surface area (Å²) in [6.45, 7) is 0.179. The molecule has 1 N–H and O–H groups in total. The second-order valence-electron chi connectivity index (χ2n) is 3.20. The first-order chi connectivity index (χ1) is 6.29. The molecule has 0 atom stereocenters. The van der Waals surface area contributed by atoms with Gasteiger partial charge in [-0.2, -0.15) is 0 Å². The van der Waals surface area contributed by atoms with Gasteiger partial charge >= 0.3 is 5.97 Å². The van der Waals surface area contributed by atoms with Crippen LogP contribution in [0.5, 0.6) is 0 Å². The van der Waals surface area contributed by atoms with Crippen LogP contribution in [-0.2, 0) is 9.63 Å². The first-order valence-corrected chi connectivity index (χ1v) is 4.68. The Kier molecular flexibility index (Phi) is 4.29. The maximum atomic E-state index is 10.1. The lowest BCUT2D eigenvalue weighted by molar-refractivity contribution is -0.138. The molecule has 74 valence electrons. The quantitative estimate of drug-likeness (QED) is 0.536. The molecule has 0 radical (unpaired) electrons. The highest BCUT2D eigenvalue weighted by molar-refractivity contribution is 5.84. The van der Waals surface area contributed by atoms with E-state index in [0.717, 1.165) is 18.6 Å². The molecule has 0 unspecified atom stereocenters. The number of hydrogen-bond acceptors (Lipinski definition) is 3. The fraction of sp³-hybridized carbons (Fsp3) is 0.778. The number of hydrogen-bond donors (Lipinski definition) is 1. The van der Waals surface area contributed by atoms with Gasteiger partial charge in [0.25, 0.3) is 0 Å². The highest BCUT2D eigenvalue weighted by Gasteiger charge is 2.06. The number of aliphatic carboxylic acids is 1. The number of carbonyl (C=O) groups is 1. The Hall–Kier alpha value is -1.06. The zero-order valence-corrected chi connectivity index (χ0v) is 7.66. The van der Waals surface area contributed by atoms with Gasteiger partial charge in [-0.15, -0.1) is 0 Å². The lowest BCUT2D eigenvalue weighted by atomic mass is 9.99. The molecule has 1 aliphatic rings. The average Bonchev–Trinajstić information content (AvgIpc) is 2.14. The van der Waals surface area contributed by atoms with Crippen LogP contribution in [0.4, 0.5) is 0 Å². The molecule has 0 spiro atoms. The Morgan fingerprint density at radius 3 is 2.69 bits per heavy atom. The van der Waals surface area contributed by atoms with E-state index in [0.29, 0.717) is 0 Å². The summed E-state index contributed by atoms with van der Waals surface area (Å²) < 4.78 is 0. The van der Waals surface area contributed by atoms with Crippen LogP contribution in [0.2, 0.25) is 0 Å². The standard InChI is InChI=1S/C9H15NO3/c11-9(12)6-7-13-10-8-4-2-1-3-5-8/h1-7H2,(H,11,12). The van der Waals surface area contributed by atoms with Crippen molar-refractivity contribution in [1.29, 1.82) is 0 Å². The van der Waals surface area contributed by atoms with E-state index in [1.165, 1.54) is 19.3 Å². The minimum Gasteiger partial charge on any atom is -0.481 e. The van der Waals surface area contributed by atoms with Crippen molar-refractivity contribution in [1.82, 2.24) is 0 Å². The second kappa shape index (κ2) is 5.56. The molecular formula is C9H15NO3. The zero-order valence-electron chi connectivity index (χ0n) is 7.66. The van der Waals surface area contributed by atoms with Crippen LogP contribution < -0.4 is 0 Å². The maximum absolute atomic E-state index is 10.1. The van der Waals surface area contributed by atoms with E-state index >= 15 is 0 Å². The van der Waals surface area contributed by atoms with Crippen molar-refractivity contribution in [2.45, 2.75) is 38.5 Å². The molecule has 1 rings (SSSR count). The SMILES string of the molecule is O=C(O)CCON=C1CCCCC1. The van der Waals surface area contributed by atoms with Gasteiger partial charge in [-0.3, -0.25) is 4.79 Å². The fourth-order valence-electron chi connectivity index (χ4n) is 1.32. The molecule has 0 saturated heterocycles. The number of nitrogens with zero attached hydrogens (tertiary/aromatic N) is 1. The summed E-state index contributed by atoms with van der Waals surface area (Å²) in [6.07, 6.45) is 5.67. The molecule has 0 aromatic rings. The van der Waals surface area contributed by atoms with Crippen LogP contribution in [-0.4, -0.2) is 23.4 Å². The van der Waals surface area contributed by atoms with Gasteiger partial charge in [-0.25, -0.2) is 0 Å². The van der Waals surface area contributed by atoms with E-state index in [1.54, 1.807) is 0 Å². The molecule has 4 nitrogen and oxygen atoms in total. The summed E-state index contributed by atoms with van der Waals surface area (Å²) >= 11 is 0. The first-order valence-electron chi connectivity index (χ1n) is 4.68. The summed E-state index contributed by atoms with van der Waals surface area (Å²) in [5, 5.41) is 12.2. The van der Waals surface area contributed by atoms with Gasteiger partial charge in [-0.1, -0.05) is 11.6 Å². The van der Waals surface area contributed by atoms with Gasteiger partial charge in [0.1, 0.15) is 6.61 Å². The highest BCUT2D eigenvalue weighted by Crippen LogP contribution is 2.14. The molecule has 4 heteroatoms. The van der Waals surface area contributed by atoms with Crippen molar-refractivity contribution in [3.8, 4) is 0 Å². The van der Waals surface area contributed by atoms with Gasteiger partial charge in [-0.05, 0) is 25.7 Å². The molecule has 0 bridgehead atoms. The molecule has 0 aliphatic heterocycles. The second-order valence-corrected chi connectivity index (χ2v) is 3.20. The summed E-state index contributed by atoms with van der Waals surface area (Å²) in [5.41, 5.74) is 1.08. The van der Waals surface area contributed by atoms with Crippen LogP contribution in [0.15, 0.2) is 5.16 Å². The molecule has 1 fully saturated rings.